The first kappa shape index (κ1) is 19.2. The molecule has 0 bridgehead atoms. The molecule has 0 aliphatic carbocycles. The van der Waals surface area contributed by atoms with Crippen molar-refractivity contribution in [3.63, 3.8) is 0 Å². The Labute approximate surface area is 169 Å². The van der Waals surface area contributed by atoms with Crippen LogP contribution in [0.3, 0.4) is 0 Å². The fourth-order valence-corrected chi connectivity index (χ4v) is 3.98. The molecule has 148 valence electrons. The van der Waals surface area contributed by atoms with Gasteiger partial charge in [-0.1, -0.05) is 48.0 Å². The Kier molecular flexibility index (Phi) is 4.63. The van der Waals surface area contributed by atoms with Crippen LogP contribution in [-0.2, 0) is 4.74 Å². The summed E-state index contributed by atoms with van der Waals surface area (Å²) in [5.41, 5.74) is 5.57. The van der Waals surface area contributed by atoms with E-state index in [4.69, 9.17) is 22.1 Å². The van der Waals surface area contributed by atoms with Crippen molar-refractivity contribution in [1.29, 1.82) is 5.26 Å². The van der Waals surface area contributed by atoms with Gasteiger partial charge < -0.3 is 10.5 Å². The molecular formula is C20H14ClF3N4O. The van der Waals surface area contributed by atoms with Crippen molar-refractivity contribution in [3.05, 3.63) is 76.6 Å². The summed E-state index contributed by atoms with van der Waals surface area (Å²) in [7, 11) is 0. The standard InChI is InChI=1S/C20H14ClF3N4O/c21-14-9-5-4-8-12(14)15-13(10-25)18(26)29-19-16(15)17(20(22,23)24)27-28(19)11-6-2-1-3-7-11/h1-9,15-16,19H,26H2/t15-,16-,19+/m0/s1. The Morgan fingerprint density at radius 3 is 2.38 bits per heavy atom. The molecular weight excluding hydrogens is 405 g/mol. The third-order valence-electron chi connectivity index (χ3n) is 4.93. The van der Waals surface area contributed by atoms with Gasteiger partial charge in [0.15, 0.2) is 5.71 Å². The van der Waals surface area contributed by atoms with Crippen LogP contribution >= 0.6 is 11.6 Å². The van der Waals surface area contributed by atoms with E-state index in [2.05, 4.69) is 5.10 Å². The van der Waals surface area contributed by atoms with Crippen molar-refractivity contribution < 1.29 is 17.9 Å². The number of hydrazone groups is 1. The fraction of sp³-hybridized carbons (Fsp3) is 0.200. The molecule has 29 heavy (non-hydrogen) atoms. The molecule has 5 nitrogen and oxygen atoms in total. The van der Waals surface area contributed by atoms with Gasteiger partial charge in [0.05, 0.1) is 17.2 Å². The molecule has 4 rings (SSSR count). The van der Waals surface area contributed by atoms with Gasteiger partial charge in [-0.3, -0.25) is 0 Å². The van der Waals surface area contributed by atoms with Crippen molar-refractivity contribution in [1.82, 2.24) is 0 Å². The number of halogens is 4. The monoisotopic (exact) mass is 418 g/mol. The van der Waals surface area contributed by atoms with Crippen LogP contribution in [-0.4, -0.2) is 18.1 Å². The van der Waals surface area contributed by atoms with Crippen LogP contribution in [0, 0.1) is 17.2 Å². The van der Waals surface area contributed by atoms with E-state index in [-0.39, 0.29) is 16.5 Å². The maximum Gasteiger partial charge on any atom is 0.431 e. The second-order valence-corrected chi connectivity index (χ2v) is 6.99. The highest BCUT2D eigenvalue weighted by atomic mass is 35.5. The number of nitriles is 1. The third kappa shape index (κ3) is 3.17. The topological polar surface area (TPSA) is 74.6 Å². The molecule has 9 heteroatoms. The van der Waals surface area contributed by atoms with Gasteiger partial charge in [0, 0.05) is 10.9 Å². The van der Waals surface area contributed by atoms with Gasteiger partial charge in [0.25, 0.3) is 0 Å². The highest BCUT2D eigenvalue weighted by Crippen LogP contribution is 2.49. The van der Waals surface area contributed by atoms with Gasteiger partial charge in [0.2, 0.25) is 12.1 Å². The molecule has 0 aromatic heterocycles. The van der Waals surface area contributed by atoms with Gasteiger partial charge in [0.1, 0.15) is 6.07 Å². The average molecular weight is 419 g/mol. The zero-order valence-corrected chi connectivity index (χ0v) is 15.5. The van der Waals surface area contributed by atoms with E-state index < -0.39 is 30.0 Å². The van der Waals surface area contributed by atoms with Gasteiger partial charge >= 0.3 is 6.18 Å². The third-order valence-corrected chi connectivity index (χ3v) is 5.28. The predicted molar refractivity (Wildman–Crippen MR) is 102 cm³/mol. The first-order valence-corrected chi connectivity index (χ1v) is 9.01. The number of hydrogen-bond donors (Lipinski definition) is 1. The van der Waals surface area contributed by atoms with Gasteiger partial charge in [-0.15, -0.1) is 0 Å². The molecule has 0 radical (unpaired) electrons. The minimum Gasteiger partial charge on any atom is -0.452 e. The van der Waals surface area contributed by atoms with Crippen LogP contribution < -0.4 is 10.7 Å². The number of alkyl halides is 3. The summed E-state index contributed by atoms with van der Waals surface area (Å²) in [6, 6.07) is 16.7. The summed E-state index contributed by atoms with van der Waals surface area (Å²) >= 11 is 6.28. The number of fused-ring (bicyclic) bond motifs is 1. The quantitative estimate of drug-likeness (QED) is 0.777. The summed E-state index contributed by atoms with van der Waals surface area (Å²) in [6.07, 6.45) is -5.91. The summed E-state index contributed by atoms with van der Waals surface area (Å²) in [4.78, 5) is 0. The largest absolute Gasteiger partial charge is 0.452 e. The maximum atomic E-state index is 14.0. The van der Waals surface area contributed by atoms with Crippen molar-refractivity contribution in [2.45, 2.75) is 18.3 Å². The second-order valence-electron chi connectivity index (χ2n) is 6.59. The number of nitrogens with two attached hydrogens (primary N) is 1. The number of rotatable bonds is 2. The highest BCUT2D eigenvalue weighted by molar-refractivity contribution is 6.31. The summed E-state index contributed by atoms with van der Waals surface area (Å²) < 4.78 is 47.5. The number of benzene rings is 2. The molecule has 2 aliphatic rings. The molecule has 2 N–H and O–H groups in total. The Morgan fingerprint density at radius 1 is 1.10 bits per heavy atom. The van der Waals surface area contributed by atoms with Crippen LogP contribution in [0.25, 0.3) is 0 Å². The molecule has 2 aromatic carbocycles. The summed E-state index contributed by atoms with van der Waals surface area (Å²) in [6.45, 7) is 0. The maximum absolute atomic E-state index is 14.0. The normalized spacial score (nSPS) is 23.9. The van der Waals surface area contributed by atoms with Crippen LogP contribution in [0.4, 0.5) is 18.9 Å². The van der Waals surface area contributed by atoms with Crippen molar-refractivity contribution in [2.24, 2.45) is 16.8 Å². The SMILES string of the molecule is N#CC1=C(N)O[C@@H]2[C@H](C(C(F)(F)F)=NN2c2ccccc2)[C@H]1c1ccccc1Cl. The van der Waals surface area contributed by atoms with Crippen LogP contribution in [0.15, 0.2) is 71.2 Å². The van der Waals surface area contributed by atoms with Crippen molar-refractivity contribution in [2.75, 3.05) is 5.01 Å². The van der Waals surface area contributed by atoms with Crippen LogP contribution in [0.2, 0.25) is 5.02 Å². The number of nitrogens with zero attached hydrogens (tertiary/aromatic N) is 3. The van der Waals surface area contributed by atoms with E-state index in [1.165, 1.54) is 0 Å². The van der Waals surface area contributed by atoms with Crippen LogP contribution in [0.1, 0.15) is 11.5 Å². The lowest BCUT2D eigenvalue weighted by Crippen LogP contribution is -2.46. The number of allylic oxidation sites excluding steroid dienone is 1. The zero-order chi connectivity index (χ0) is 20.8. The smallest absolute Gasteiger partial charge is 0.431 e. The fourth-order valence-electron chi connectivity index (χ4n) is 3.73. The number of para-hydroxylation sites is 1. The Balaban J connectivity index is 1.93. The molecule has 0 fully saturated rings. The lowest BCUT2D eigenvalue weighted by molar-refractivity contribution is -0.0658. The molecule has 0 unspecified atom stereocenters. The van der Waals surface area contributed by atoms with E-state index in [9.17, 15) is 18.4 Å². The second kappa shape index (κ2) is 7.01. The van der Waals surface area contributed by atoms with Gasteiger partial charge in [-0.2, -0.15) is 23.5 Å². The molecule has 0 saturated carbocycles. The molecule has 3 atom stereocenters. The Morgan fingerprint density at radius 2 is 1.76 bits per heavy atom. The highest BCUT2D eigenvalue weighted by Gasteiger charge is 2.58. The predicted octanol–water partition coefficient (Wildman–Crippen LogP) is 4.53. The van der Waals surface area contributed by atoms with E-state index in [0.717, 1.165) is 5.01 Å². The lowest BCUT2D eigenvalue weighted by Gasteiger charge is -2.37. The average Bonchev–Trinajstić information content (AvgIpc) is 3.07. The number of hydrogen-bond acceptors (Lipinski definition) is 5. The summed E-state index contributed by atoms with van der Waals surface area (Å²) in [5, 5.41) is 14.9. The number of anilines is 1. The minimum absolute atomic E-state index is 0.105. The van der Waals surface area contributed by atoms with Crippen molar-refractivity contribution in [3.8, 4) is 6.07 Å². The molecule has 0 saturated heterocycles. The summed E-state index contributed by atoms with van der Waals surface area (Å²) in [5.74, 6) is -2.61. The van der Waals surface area contributed by atoms with E-state index in [1.54, 1.807) is 54.6 Å². The molecule has 2 heterocycles. The molecule has 2 aromatic rings. The van der Waals surface area contributed by atoms with E-state index >= 15 is 0 Å². The van der Waals surface area contributed by atoms with Crippen molar-refractivity contribution >= 4 is 23.0 Å². The molecule has 2 aliphatic heterocycles. The van der Waals surface area contributed by atoms with Gasteiger partial charge in [-0.05, 0) is 23.8 Å². The first-order valence-electron chi connectivity index (χ1n) is 8.63. The van der Waals surface area contributed by atoms with E-state index in [0.29, 0.717) is 11.3 Å². The minimum atomic E-state index is -4.73. The lowest BCUT2D eigenvalue weighted by atomic mass is 9.76. The van der Waals surface area contributed by atoms with Crippen LogP contribution in [0.5, 0.6) is 0 Å². The Hall–Kier alpha value is -3.18. The van der Waals surface area contributed by atoms with E-state index in [1.807, 2.05) is 6.07 Å². The molecule has 0 spiro atoms. The first-order chi connectivity index (χ1) is 13.8. The number of ether oxygens (including phenoxy) is 1. The van der Waals surface area contributed by atoms with Gasteiger partial charge in [-0.25, -0.2) is 5.01 Å². The zero-order valence-electron chi connectivity index (χ0n) is 14.8. The molecule has 0 amide bonds. The Bertz CT molecular complexity index is 1050.